The lowest BCUT2D eigenvalue weighted by molar-refractivity contribution is 0.296. The third kappa shape index (κ3) is 4.59. The SMILES string of the molecule is Cc1nn(C)c(CN(C)CCNC(C)(C)C)c1Cl. The van der Waals surface area contributed by atoms with Gasteiger partial charge in [-0.05, 0) is 34.7 Å². The fraction of sp³-hybridized carbons (Fsp3) is 0.769. The zero-order valence-corrected chi connectivity index (χ0v) is 13.1. The molecule has 0 saturated heterocycles. The van der Waals surface area contributed by atoms with E-state index in [2.05, 4.69) is 43.1 Å². The van der Waals surface area contributed by atoms with Gasteiger partial charge in [-0.3, -0.25) is 9.58 Å². The number of aromatic nitrogens is 2. The number of halogens is 1. The van der Waals surface area contributed by atoms with Crippen LogP contribution in [0.5, 0.6) is 0 Å². The molecule has 5 heteroatoms. The monoisotopic (exact) mass is 272 g/mol. The first-order valence-electron chi connectivity index (χ1n) is 6.32. The van der Waals surface area contributed by atoms with Crippen LogP contribution in [0, 0.1) is 6.92 Å². The van der Waals surface area contributed by atoms with Crippen LogP contribution in [-0.2, 0) is 13.6 Å². The van der Waals surface area contributed by atoms with Crippen LogP contribution in [0.15, 0.2) is 0 Å². The normalized spacial score (nSPS) is 12.4. The van der Waals surface area contributed by atoms with Gasteiger partial charge in [-0.1, -0.05) is 11.6 Å². The minimum absolute atomic E-state index is 0.168. The van der Waals surface area contributed by atoms with Crippen LogP contribution in [0.2, 0.25) is 5.02 Å². The summed E-state index contributed by atoms with van der Waals surface area (Å²) in [6.45, 7) is 11.2. The Hall–Kier alpha value is -0.580. The molecule has 18 heavy (non-hydrogen) atoms. The molecule has 0 aliphatic carbocycles. The van der Waals surface area contributed by atoms with E-state index in [9.17, 15) is 0 Å². The molecule has 1 heterocycles. The molecule has 1 aromatic rings. The highest BCUT2D eigenvalue weighted by molar-refractivity contribution is 6.31. The van der Waals surface area contributed by atoms with Gasteiger partial charge in [0.25, 0.3) is 0 Å². The molecule has 0 spiro atoms. The summed E-state index contributed by atoms with van der Waals surface area (Å²) in [4.78, 5) is 2.25. The number of likely N-dealkylation sites (N-methyl/N-ethyl adjacent to an activating group) is 1. The summed E-state index contributed by atoms with van der Waals surface area (Å²) in [5.74, 6) is 0. The Morgan fingerprint density at radius 2 is 2.00 bits per heavy atom. The second-order valence-corrected chi connectivity index (χ2v) is 6.26. The predicted molar refractivity (Wildman–Crippen MR) is 77.0 cm³/mol. The molecular formula is C13H25ClN4. The van der Waals surface area contributed by atoms with Crippen molar-refractivity contribution in [2.24, 2.45) is 7.05 Å². The number of nitrogens with one attached hydrogen (secondary N) is 1. The molecule has 0 amide bonds. The number of nitrogens with zero attached hydrogens (tertiary/aromatic N) is 3. The van der Waals surface area contributed by atoms with Gasteiger partial charge in [-0.25, -0.2) is 0 Å². The van der Waals surface area contributed by atoms with Gasteiger partial charge in [0, 0.05) is 32.2 Å². The molecule has 0 bridgehead atoms. The van der Waals surface area contributed by atoms with E-state index < -0.39 is 0 Å². The maximum Gasteiger partial charge on any atom is 0.0860 e. The minimum Gasteiger partial charge on any atom is -0.311 e. The van der Waals surface area contributed by atoms with E-state index in [-0.39, 0.29) is 5.54 Å². The summed E-state index contributed by atoms with van der Waals surface area (Å²) in [5, 5.41) is 8.59. The zero-order chi connectivity index (χ0) is 13.9. The van der Waals surface area contributed by atoms with Crippen molar-refractivity contribution in [3.8, 4) is 0 Å². The lowest BCUT2D eigenvalue weighted by atomic mass is 10.1. The number of hydrogen-bond acceptors (Lipinski definition) is 3. The molecule has 0 fully saturated rings. The van der Waals surface area contributed by atoms with Crippen LogP contribution in [0.4, 0.5) is 0 Å². The van der Waals surface area contributed by atoms with Crippen LogP contribution >= 0.6 is 11.6 Å². The summed E-state index contributed by atoms with van der Waals surface area (Å²) in [6.07, 6.45) is 0. The van der Waals surface area contributed by atoms with Crippen LogP contribution in [0.3, 0.4) is 0 Å². The van der Waals surface area contributed by atoms with E-state index in [1.807, 2.05) is 18.7 Å². The van der Waals surface area contributed by atoms with E-state index >= 15 is 0 Å². The lowest BCUT2D eigenvalue weighted by Gasteiger charge is -2.23. The maximum absolute atomic E-state index is 6.24. The highest BCUT2D eigenvalue weighted by atomic mass is 35.5. The first-order valence-corrected chi connectivity index (χ1v) is 6.70. The molecule has 1 aromatic heterocycles. The molecule has 104 valence electrons. The van der Waals surface area contributed by atoms with Gasteiger partial charge in [0.15, 0.2) is 0 Å². The van der Waals surface area contributed by atoms with Crippen LogP contribution in [-0.4, -0.2) is 40.4 Å². The highest BCUT2D eigenvalue weighted by Gasteiger charge is 2.13. The van der Waals surface area contributed by atoms with E-state index in [0.717, 1.165) is 36.0 Å². The molecule has 0 radical (unpaired) electrons. The number of rotatable bonds is 5. The van der Waals surface area contributed by atoms with Crippen LogP contribution < -0.4 is 5.32 Å². The van der Waals surface area contributed by atoms with Gasteiger partial charge in [-0.15, -0.1) is 0 Å². The maximum atomic E-state index is 6.24. The Morgan fingerprint density at radius 1 is 1.39 bits per heavy atom. The molecule has 1 N–H and O–H groups in total. The summed E-state index contributed by atoms with van der Waals surface area (Å²) < 4.78 is 1.87. The number of hydrogen-bond donors (Lipinski definition) is 1. The third-order valence-electron chi connectivity index (χ3n) is 2.83. The van der Waals surface area contributed by atoms with Gasteiger partial charge in [0.2, 0.25) is 0 Å². The second-order valence-electron chi connectivity index (χ2n) is 5.88. The van der Waals surface area contributed by atoms with Crippen molar-refractivity contribution in [1.82, 2.24) is 20.0 Å². The summed E-state index contributed by atoms with van der Waals surface area (Å²) in [6, 6.07) is 0. The molecule has 1 rings (SSSR count). The van der Waals surface area contributed by atoms with Crippen molar-refractivity contribution in [2.45, 2.75) is 39.8 Å². The van der Waals surface area contributed by atoms with E-state index in [1.54, 1.807) is 0 Å². The first kappa shape index (κ1) is 15.5. The summed E-state index contributed by atoms with van der Waals surface area (Å²) in [7, 11) is 4.04. The molecule has 0 atom stereocenters. The molecule has 0 aliphatic heterocycles. The van der Waals surface area contributed by atoms with Crippen molar-refractivity contribution < 1.29 is 0 Å². The van der Waals surface area contributed by atoms with Crippen molar-refractivity contribution in [1.29, 1.82) is 0 Å². The Kier molecular flexibility index (Phi) is 5.20. The lowest BCUT2D eigenvalue weighted by Crippen LogP contribution is -2.40. The Labute approximate surface area is 115 Å². The van der Waals surface area contributed by atoms with Crippen molar-refractivity contribution in [3.63, 3.8) is 0 Å². The fourth-order valence-corrected chi connectivity index (χ4v) is 2.03. The first-order chi connectivity index (χ1) is 8.20. The molecule has 0 unspecified atom stereocenters. The van der Waals surface area contributed by atoms with Crippen molar-refractivity contribution in [3.05, 3.63) is 16.4 Å². The molecule has 4 nitrogen and oxygen atoms in total. The highest BCUT2D eigenvalue weighted by Crippen LogP contribution is 2.20. The van der Waals surface area contributed by atoms with Gasteiger partial charge >= 0.3 is 0 Å². The van der Waals surface area contributed by atoms with Gasteiger partial charge in [-0.2, -0.15) is 5.10 Å². The Bertz CT molecular complexity index is 392. The van der Waals surface area contributed by atoms with Crippen molar-refractivity contribution >= 4 is 11.6 Å². The topological polar surface area (TPSA) is 33.1 Å². The quantitative estimate of drug-likeness (QED) is 0.892. The standard InChI is InChI=1S/C13H25ClN4/c1-10-12(14)11(18(6)16-10)9-17(5)8-7-15-13(2,3)4/h15H,7-9H2,1-6H3. The zero-order valence-electron chi connectivity index (χ0n) is 12.3. The van der Waals surface area contributed by atoms with Crippen LogP contribution in [0.25, 0.3) is 0 Å². The minimum atomic E-state index is 0.168. The number of aryl methyl sites for hydroxylation is 2. The van der Waals surface area contributed by atoms with Gasteiger partial charge in [0.1, 0.15) is 0 Å². The van der Waals surface area contributed by atoms with Gasteiger partial charge < -0.3 is 5.32 Å². The van der Waals surface area contributed by atoms with Crippen LogP contribution in [0.1, 0.15) is 32.2 Å². The third-order valence-corrected chi connectivity index (χ3v) is 3.32. The smallest absolute Gasteiger partial charge is 0.0860 e. The van der Waals surface area contributed by atoms with E-state index in [0.29, 0.717) is 0 Å². The molecule has 0 aromatic carbocycles. The summed E-state index contributed by atoms with van der Waals surface area (Å²) >= 11 is 6.24. The molecule has 0 aliphatic rings. The molecular weight excluding hydrogens is 248 g/mol. The average Bonchev–Trinajstić information content (AvgIpc) is 2.43. The summed E-state index contributed by atoms with van der Waals surface area (Å²) in [5.41, 5.74) is 2.14. The van der Waals surface area contributed by atoms with E-state index in [1.165, 1.54) is 0 Å². The largest absolute Gasteiger partial charge is 0.311 e. The fourth-order valence-electron chi connectivity index (χ4n) is 1.81. The Balaban J connectivity index is 2.47. The van der Waals surface area contributed by atoms with Crippen molar-refractivity contribution in [2.75, 3.05) is 20.1 Å². The second kappa shape index (κ2) is 6.04. The Morgan fingerprint density at radius 3 is 2.44 bits per heavy atom. The van der Waals surface area contributed by atoms with Gasteiger partial charge in [0.05, 0.1) is 16.4 Å². The molecule has 0 saturated carbocycles. The average molecular weight is 273 g/mol. The van der Waals surface area contributed by atoms with E-state index in [4.69, 9.17) is 11.6 Å². The predicted octanol–water partition coefficient (Wildman–Crippen LogP) is 2.20.